The van der Waals surface area contributed by atoms with E-state index < -0.39 is 5.97 Å². The minimum Gasteiger partial charge on any atom is -0.477 e. The van der Waals surface area contributed by atoms with E-state index in [2.05, 4.69) is 44.2 Å². The van der Waals surface area contributed by atoms with Crippen LogP contribution in [0.4, 0.5) is 0 Å². The molecule has 1 aromatic carbocycles. The minimum atomic E-state index is -0.861. The van der Waals surface area contributed by atoms with Gasteiger partial charge in [-0.2, -0.15) is 0 Å². The molecule has 2 nitrogen and oxygen atoms in total. The second-order valence-electron chi connectivity index (χ2n) is 5.09. The molecule has 0 spiro atoms. The molecule has 0 unspecified atom stereocenters. The molecule has 3 rings (SSSR count). The molecule has 1 N–H and O–H groups in total. The van der Waals surface area contributed by atoms with Gasteiger partial charge in [-0.05, 0) is 54.3 Å². The number of aryl methyl sites for hydroxylation is 1. The Balaban J connectivity index is 2.00. The van der Waals surface area contributed by atoms with E-state index in [1.54, 1.807) is 17.4 Å². The summed E-state index contributed by atoms with van der Waals surface area (Å²) >= 11 is 3.05. The summed E-state index contributed by atoms with van der Waals surface area (Å²) in [5, 5.41) is 9.04. The lowest BCUT2D eigenvalue weighted by molar-refractivity contribution is 0.0702. The van der Waals surface area contributed by atoms with Gasteiger partial charge in [0.25, 0.3) is 0 Å². The molecule has 0 atom stereocenters. The van der Waals surface area contributed by atoms with Crippen LogP contribution >= 0.6 is 22.7 Å². The van der Waals surface area contributed by atoms with Crippen molar-refractivity contribution in [1.29, 1.82) is 0 Å². The van der Waals surface area contributed by atoms with Crippen molar-refractivity contribution in [3.8, 4) is 20.2 Å². The topological polar surface area (TPSA) is 37.3 Å². The van der Waals surface area contributed by atoms with Crippen molar-refractivity contribution in [3.05, 3.63) is 58.5 Å². The molecule has 2 aromatic heterocycles. The fourth-order valence-electron chi connectivity index (χ4n) is 2.60. The second kappa shape index (κ2) is 6.07. The first kappa shape index (κ1) is 15.0. The second-order valence-corrected chi connectivity index (χ2v) is 7.26. The van der Waals surface area contributed by atoms with Crippen molar-refractivity contribution >= 4 is 28.6 Å². The maximum Gasteiger partial charge on any atom is 0.345 e. The Hall–Kier alpha value is -1.91. The molecule has 0 radical (unpaired) electrons. The maximum atomic E-state index is 11.0. The molecule has 0 bridgehead atoms. The molecule has 0 aliphatic rings. The highest BCUT2D eigenvalue weighted by Crippen LogP contribution is 2.39. The standard InChI is InChI=1S/C18H16O2S2/c1-3-12-11(2)5-4-6-13(12)14-7-8-15(21-14)16-9-10-17(22-16)18(19)20/h4-10H,3H2,1-2H3,(H,19,20). The Bertz CT molecular complexity index is 827. The van der Waals surface area contributed by atoms with Gasteiger partial charge in [0.2, 0.25) is 0 Å². The number of carboxylic acids is 1. The van der Waals surface area contributed by atoms with E-state index in [-0.39, 0.29) is 0 Å². The summed E-state index contributed by atoms with van der Waals surface area (Å²) < 4.78 is 0. The van der Waals surface area contributed by atoms with Crippen molar-refractivity contribution in [2.75, 3.05) is 0 Å². The summed E-state index contributed by atoms with van der Waals surface area (Å²) in [5.74, 6) is -0.861. The number of hydrogen-bond donors (Lipinski definition) is 1. The van der Waals surface area contributed by atoms with Crippen LogP contribution in [0, 0.1) is 6.92 Å². The zero-order valence-corrected chi connectivity index (χ0v) is 14.1. The lowest BCUT2D eigenvalue weighted by Gasteiger charge is -2.08. The minimum absolute atomic E-state index is 0.384. The van der Waals surface area contributed by atoms with Gasteiger partial charge in [0, 0.05) is 14.6 Å². The van der Waals surface area contributed by atoms with Gasteiger partial charge in [0.05, 0.1) is 0 Å². The average Bonchev–Trinajstić information content (AvgIpc) is 3.16. The van der Waals surface area contributed by atoms with Crippen LogP contribution < -0.4 is 0 Å². The van der Waals surface area contributed by atoms with Crippen LogP contribution in [-0.2, 0) is 6.42 Å². The van der Waals surface area contributed by atoms with Gasteiger partial charge in [-0.1, -0.05) is 25.1 Å². The number of carbonyl (C=O) groups is 1. The van der Waals surface area contributed by atoms with E-state index >= 15 is 0 Å². The first-order valence-corrected chi connectivity index (χ1v) is 8.75. The predicted octanol–water partition coefficient (Wildman–Crippen LogP) is 5.71. The lowest BCUT2D eigenvalue weighted by Crippen LogP contribution is -1.89. The number of hydrogen-bond acceptors (Lipinski definition) is 3. The van der Waals surface area contributed by atoms with Crippen molar-refractivity contribution < 1.29 is 9.90 Å². The number of benzene rings is 1. The predicted molar refractivity (Wildman–Crippen MR) is 94.1 cm³/mol. The van der Waals surface area contributed by atoms with Crippen molar-refractivity contribution in [2.45, 2.75) is 20.3 Å². The number of carboxylic acid groups (broad SMARTS) is 1. The Labute approximate surface area is 137 Å². The van der Waals surface area contributed by atoms with Crippen LogP contribution in [0.2, 0.25) is 0 Å². The van der Waals surface area contributed by atoms with Gasteiger partial charge >= 0.3 is 5.97 Å². The number of rotatable bonds is 4. The van der Waals surface area contributed by atoms with Crippen LogP contribution in [-0.4, -0.2) is 11.1 Å². The van der Waals surface area contributed by atoms with Gasteiger partial charge in [0.15, 0.2) is 0 Å². The van der Waals surface area contributed by atoms with E-state index in [0.29, 0.717) is 4.88 Å². The van der Waals surface area contributed by atoms with Crippen molar-refractivity contribution in [1.82, 2.24) is 0 Å². The zero-order valence-electron chi connectivity index (χ0n) is 12.4. The van der Waals surface area contributed by atoms with Crippen LogP contribution in [0.5, 0.6) is 0 Å². The third kappa shape index (κ3) is 2.72. The van der Waals surface area contributed by atoms with E-state index in [1.807, 2.05) is 6.07 Å². The molecular formula is C18H16O2S2. The van der Waals surface area contributed by atoms with Crippen LogP contribution in [0.25, 0.3) is 20.2 Å². The Kier molecular flexibility index (Phi) is 4.14. The van der Waals surface area contributed by atoms with Crippen LogP contribution in [0.15, 0.2) is 42.5 Å². The lowest BCUT2D eigenvalue weighted by atomic mass is 9.99. The summed E-state index contributed by atoms with van der Waals surface area (Å²) in [5.41, 5.74) is 3.99. The largest absolute Gasteiger partial charge is 0.477 e. The average molecular weight is 328 g/mol. The summed E-state index contributed by atoms with van der Waals surface area (Å²) in [7, 11) is 0. The summed E-state index contributed by atoms with van der Waals surface area (Å²) in [6, 6.07) is 14.2. The molecule has 0 amide bonds. The van der Waals surface area contributed by atoms with Crippen LogP contribution in [0.3, 0.4) is 0 Å². The molecule has 4 heteroatoms. The van der Waals surface area contributed by atoms with Gasteiger partial charge in [-0.15, -0.1) is 22.7 Å². The molecule has 112 valence electrons. The summed E-state index contributed by atoms with van der Waals surface area (Å²) in [6.07, 6.45) is 1.01. The number of aromatic carboxylic acids is 1. The van der Waals surface area contributed by atoms with E-state index in [9.17, 15) is 4.79 Å². The molecule has 0 saturated carbocycles. The fraction of sp³-hybridized carbons (Fsp3) is 0.167. The molecule has 3 aromatic rings. The normalized spacial score (nSPS) is 10.8. The first-order chi connectivity index (χ1) is 10.6. The number of thiophene rings is 2. The third-order valence-corrected chi connectivity index (χ3v) is 6.08. The van der Waals surface area contributed by atoms with E-state index in [1.165, 1.54) is 32.9 Å². The molecule has 0 saturated heterocycles. The summed E-state index contributed by atoms with van der Waals surface area (Å²) in [4.78, 5) is 14.8. The van der Waals surface area contributed by atoms with Gasteiger partial charge in [-0.25, -0.2) is 4.79 Å². The monoisotopic (exact) mass is 328 g/mol. The molecule has 0 aliphatic heterocycles. The molecule has 0 aliphatic carbocycles. The first-order valence-electron chi connectivity index (χ1n) is 7.12. The third-order valence-electron chi connectivity index (χ3n) is 3.69. The smallest absolute Gasteiger partial charge is 0.345 e. The van der Waals surface area contributed by atoms with E-state index in [0.717, 1.165) is 16.2 Å². The molecule has 2 heterocycles. The quantitative estimate of drug-likeness (QED) is 0.666. The highest BCUT2D eigenvalue weighted by Gasteiger charge is 2.12. The fourth-order valence-corrected chi connectivity index (χ4v) is 4.60. The van der Waals surface area contributed by atoms with Gasteiger partial charge in [-0.3, -0.25) is 0 Å². The van der Waals surface area contributed by atoms with Crippen molar-refractivity contribution in [2.24, 2.45) is 0 Å². The molecular weight excluding hydrogens is 312 g/mol. The molecule has 0 fully saturated rings. The van der Waals surface area contributed by atoms with Crippen molar-refractivity contribution in [3.63, 3.8) is 0 Å². The Morgan fingerprint density at radius 2 is 1.68 bits per heavy atom. The Morgan fingerprint density at radius 3 is 2.36 bits per heavy atom. The molecule has 22 heavy (non-hydrogen) atoms. The van der Waals surface area contributed by atoms with E-state index in [4.69, 9.17) is 5.11 Å². The van der Waals surface area contributed by atoms with Gasteiger partial charge in [0.1, 0.15) is 4.88 Å². The SMILES string of the molecule is CCc1c(C)cccc1-c1ccc(-c2ccc(C(=O)O)s2)s1. The van der Waals surface area contributed by atoms with Crippen LogP contribution in [0.1, 0.15) is 27.7 Å². The zero-order chi connectivity index (χ0) is 15.7. The summed E-state index contributed by atoms with van der Waals surface area (Å²) in [6.45, 7) is 4.33. The highest BCUT2D eigenvalue weighted by molar-refractivity contribution is 7.24. The highest BCUT2D eigenvalue weighted by atomic mass is 32.1. The Morgan fingerprint density at radius 1 is 1.00 bits per heavy atom. The van der Waals surface area contributed by atoms with Gasteiger partial charge < -0.3 is 5.11 Å². The maximum absolute atomic E-state index is 11.0.